The number of nitrogens with one attached hydrogen (secondary N) is 2. The molecule has 2 atom stereocenters. The van der Waals surface area contributed by atoms with Crippen molar-refractivity contribution < 1.29 is 43.3 Å². The van der Waals surface area contributed by atoms with Crippen LogP contribution < -0.4 is 10.6 Å². The number of esters is 2. The second-order valence-corrected chi connectivity index (χ2v) is 9.54. The summed E-state index contributed by atoms with van der Waals surface area (Å²) in [5, 5.41) is 14.0. The topological polar surface area (TPSA) is 157 Å². The zero-order chi connectivity index (χ0) is 30.9. The predicted molar refractivity (Wildman–Crippen MR) is 154 cm³/mol. The van der Waals surface area contributed by atoms with Crippen LogP contribution in [0.4, 0.5) is 4.79 Å². The lowest BCUT2D eigenvalue weighted by atomic mass is 10.1. The highest BCUT2D eigenvalue weighted by atomic mass is 16.6. The molecule has 43 heavy (non-hydrogen) atoms. The van der Waals surface area contributed by atoms with Crippen LogP contribution in [0.1, 0.15) is 42.4 Å². The molecule has 0 aromatic heterocycles. The zero-order valence-electron chi connectivity index (χ0n) is 23.5. The number of carboxylic acids is 1. The van der Waals surface area contributed by atoms with E-state index in [9.17, 15) is 24.0 Å². The van der Waals surface area contributed by atoms with Crippen molar-refractivity contribution in [2.24, 2.45) is 0 Å². The number of aliphatic carboxylic acids is 1. The summed E-state index contributed by atoms with van der Waals surface area (Å²) >= 11 is 0. The van der Waals surface area contributed by atoms with Crippen LogP contribution >= 0.6 is 0 Å². The third-order valence-corrected chi connectivity index (χ3v) is 6.16. The van der Waals surface area contributed by atoms with Gasteiger partial charge >= 0.3 is 24.0 Å². The quantitative estimate of drug-likeness (QED) is 0.166. The highest BCUT2D eigenvalue weighted by Gasteiger charge is 2.27. The first-order chi connectivity index (χ1) is 20.8. The summed E-state index contributed by atoms with van der Waals surface area (Å²) in [6.45, 7) is -0.133. The molecule has 0 aliphatic carbocycles. The van der Waals surface area contributed by atoms with E-state index in [4.69, 9.17) is 19.3 Å². The van der Waals surface area contributed by atoms with Crippen molar-refractivity contribution in [3.63, 3.8) is 0 Å². The first kappa shape index (κ1) is 32.3. The van der Waals surface area contributed by atoms with Gasteiger partial charge in [0, 0.05) is 12.8 Å². The monoisotopic (exact) mass is 590 g/mol. The Morgan fingerprint density at radius 1 is 0.558 bits per heavy atom. The Kier molecular flexibility index (Phi) is 13.2. The summed E-state index contributed by atoms with van der Waals surface area (Å²) < 4.78 is 15.9. The summed E-state index contributed by atoms with van der Waals surface area (Å²) in [5.41, 5.74) is 2.20. The van der Waals surface area contributed by atoms with Gasteiger partial charge in [0.15, 0.2) is 0 Å². The third kappa shape index (κ3) is 12.5. The highest BCUT2D eigenvalue weighted by Crippen LogP contribution is 2.09. The molecule has 0 bridgehead atoms. The van der Waals surface area contributed by atoms with Gasteiger partial charge in [-0.3, -0.25) is 9.59 Å². The molecule has 0 fully saturated rings. The van der Waals surface area contributed by atoms with Gasteiger partial charge in [0.05, 0.1) is 0 Å². The van der Waals surface area contributed by atoms with Crippen LogP contribution in [0.2, 0.25) is 0 Å². The van der Waals surface area contributed by atoms with Gasteiger partial charge in [0.1, 0.15) is 31.9 Å². The zero-order valence-corrected chi connectivity index (χ0v) is 23.5. The van der Waals surface area contributed by atoms with Crippen LogP contribution in [0, 0.1) is 0 Å². The number of carbonyl (C=O) groups excluding carboxylic acids is 4. The van der Waals surface area contributed by atoms with E-state index in [0.29, 0.717) is 0 Å². The molecule has 0 unspecified atom stereocenters. The second kappa shape index (κ2) is 17.6. The fourth-order valence-corrected chi connectivity index (χ4v) is 3.87. The third-order valence-electron chi connectivity index (χ3n) is 6.16. The molecule has 0 heterocycles. The molecule has 3 aromatic carbocycles. The summed E-state index contributed by atoms with van der Waals surface area (Å²) in [6.07, 6.45) is -1.92. The van der Waals surface area contributed by atoms with Crippen molar-refractivity contribution in [1.29, 1.82) is 0 Å². The van der Waals surface area contributed by atoms with Gasteiger partial charge in [-0.2, -0.15) is 0 Å². The lowest BCUT2D eigenvalue weighted by molar-refractivity contribution is -0.150. The molecule has 2 amide bonds. The first-order valence-electron chi connectivity index (χ1n) is 13.7. The number of carboxylic acid groups (broad SMARTS) is 1. The van der Waals surface area contributed by atoms with Crippen LogP contribution in [0.3, 0.4) is 0 Å². The minimum atomic E-state index is -1.24. The Hall–Kier alpha value is -5.19. The van der Waals surface area contributed by atoms with Crippen LogP contribution in [-0.4, -0.2) is 47.1 Å². The van der Waals surface area contributed by atoms with E-state index >= 15 is 0 Å². The van der Waals surface area contributed by atoms with E-state index in [1.807, 2.05) is 18.2 Å². The smallest absolute Gasteiger partial charge is 0.408 e. The SMILES string of the molecule is O=C(O)CC[C@@H](NC(=O)CC[C@@H](NC(=O)OCc1ccccc1)C(=O)OCc1ccccc1)C(=O)OCc1ccccc1. The van der Waals surface area contributed by atoms with Gasteiger partial charge in [0.25, 0.3) is 0 Å². The molecule has 11 nitrogen and oxygen atoms in total. The Balaban J connectivity index is 1.59. The van der Waals surface area contributed by atoms with Crippen LogP contribution in [0.15, 0.2) is 91.0 Å². The molecule has 0 saturated carbocycles. The highest BCUT2D eigenvalue weighted by molar-refractivity contribution is 5.86. The molecular weight excluding hydrogens is 556 g/mol. The number of hydrogen-bond acceptors (Lipinski definition) is 8. The maximum absolute atomic E-state index is 12.9. The average Bonchev–Trinajstić information content (AvgIpc) is 3.03. The fourth-order valence-electron chi connectivity index (χ4n) is 3.87. The van der Waals surface area contributed by atoms with Gasteiger partial charge in [-0.25, -0.2) is 14.4 Å². The molecule has 3 N–H and O–H groups in total. The Morgan fingerprint density at radius 3 is 1.40 bits per heavy atom. The summed E-state index contributed by atoms with van der Waals surface area (Å²) in [4.78, 5) is 62.0. The van der Waals surface area contributed by atoms with E-state index in [2.05, 4.69) is 10.6 Å². The van der Waals surface area contributed by atoms with E-state index < -0.39 is 42.0 Å². The van der Waals surface area contributed by atoms with E-state index in [1.165, 1.54) is 0 Å². The number of hydrogen-bond donors (Lipinski definition) is 3. The van der Waals surface area contributed by atoms with Crippen molar-refractivity contribution >= 4 is 29.9 Å². The molecule has 0 aliphatic rings. The minimum absolute atomic E-state index is 0.0324. The van der Waals surface area contributed by atoms with Crippen molar-refractivity contribution in [2.45, 2.75) is 57.6 Å². The summed E-state index contributed by atoms with van der Waals surface area (Å²) in [7, 11) is 0. The maximum atomic E-state index is 12.9. The Labute approximate surface area is 249 Å². The molecule has 0 saturated heterocycles. The lowest BCUT2D eigenvalue weighted by Crippen LogP contribution is -2.45. The van der Waals surface area contributed by atoms with Gasteiger partial charge in [0.2, 0.25) is 5.91 Å². The van der Waals surface area contributed by atoms with E-state index in [-0.39, 0.29) is 45.5 Å². The average molecular weight is 591 g/mol. The van der Waals surface area contributed by atoms with Gasteiger partial charge in [-0.1, -0.05) is 91.0 Å². The molecule has 0 spiro atoms. The molecular formula is C32H34N2O9. The lowest BCUT2D eigenvalue weighted by Gasteiger charge is -2.20. The van der Waals surface area contributed by atoms with Gasteiger partial charge in [-0.15, -0.1) is 0 Å². The van der Waals surface area contributed by atoms with Crippen LogP contribution in [0.25, 0.3) is 0 Å². The Morgan fingerprint density at radius 2 is 0.953 bits per heavy atom. The van der Waals surface area contributed by atoms with Crippen molar-refractivity contribution in [3.8, 4) is 0 Å². The fraction of sp³-hybridized carbons (Fsp3) is 0.281. The van der Waals surface area contributed by atoms with Crippen molar-refractivity contribution in [2.75, 3.05) is 0 Å². The molecule has 226 valence electrons. The number of amides is 2. The molecule has 0 aliphatic heterocycles. The predicted octanol–water partition coefficient (Wildman–Crippen LogP) is 3.90. The molecule has 3 rings (SSSR count). The first-order valence-corrected chi connectivity index (χ1v) is 13.7. The maximum Gasteiger partial charge on any atom is 0.408 e. The van der Waals surface area contributed by atoms with Crippen LogP contribution in [0.5, 0.6) is 0 Å². The number of carbonyl (C=O) groups is 5. The number of rotatable bonds is 16. The number of alkyl carbamates (subject to hydrolysis) is 1. The van der Waals surface area contributed by atoms with E-state index in [0.717, 1.165) is 16.7 Å². The molecule has 3 aromatic rings. The van der Waals surface area contributed by atoms with Crippen molar-refractivity contribution in [3.05, 3.63) is 108 Å². The molecule has 0 radical (unpaired) electrons. The standard InChI is InChI=1S/C32H34N2O9/c35-28(33-26(17-19-29(36)37)30(38)41-20-23-10-4-1-5-11-23)18-16-27(31(39)42-21-24-12-6-2-7-13-24)34-32(40)43-22-25-14-8-3-9-15-25/h1-15,26-27H,16-22H2,(H,33,35)(H,34,40)(H,36,37)/t26-,27-/m1/s1. The molecule has 11 heteroatoms. The van der Waals surface area contributed by atoms with E-state index in [1.54, 1.807) is 72.8 Å². The van der Waals surface area contributed by atoms with Crippen LogP contribution in [-0.2, 0) is 53.2 Å². The van der Waals surface area contributed by atoms with Crippen molar-refractivity contribution in [1.82, 2.24) is 10.6 Å². The largest absolute Gasteiger partial charge is 0.481 e. The summed E-state index contributed by atoms with van der Waals surface area (Å²) in [5.74, 6) is -3.36. The minimum Gasteiger partial charge on any atom is -0.481 e. The summed E-state index contributed by atoms with van der Waals surface area (Å²) in [6, 6.07) is 24.3. The number of benzene rings is 3. The van der Waals surface area contributed by atoms with Gasteiger partial charge < -0.3 is 30.0 Å². The normalized spacial score (nSPS) is 11.8. The van der Waals surface area contributed by atoms with Gasteiger partial charge in [-0.05, 0) is 29.5 Å². The Bertz CT molecular complexity index is 1330. The number of ether oxygens (including phenoxy) is 3. The second-order valence-electron chi connectivity index (χ2n) is 9.54.